The highest BCUT2D eigenvalue weighted by molar-refractivity contribution is 5.77. The molecule has 28 heavy (non-hydrogen) atoms. The summed E-state index contributed by atoms with van der Waals surface area (Å²) >= 11 is 0. The predicted octanol–water partition coefficient (Wildman–Crippen LogP) is 3.54. The average Bonchev–Trinajstić information content (AvgIpc) is 3.10. The standard InChI is InChI=1S/C23H34N2O3/c1-4-15-27-21-8-6-5-7-19(21)17-25-13-11-23(12-14-25)10-9-20(28-23)16-24-22(26)18(2)3/h4-8,18,20H,1,9-17H2,2-3H3,(H,24,26)/t20-/m0/s1. The van der Waals surface area contributed by atoms with E-state index in [0.29, 0.717) is 13.2 Å². The molecule has 0 radical (unpaired) electrons. The van der Waals surface area contributed by atoms with Crippen LogP contribution in [0.4, 0.5) is 0 Å². The van der Waals surface area contributed by atoms with E-state index >= 15 is 0 Å². The van der Waals surface area contributed by atoms with E-state index in [1.165, 1.54) is 5.56 Å². The summed E-state index contributed by atoms with van der Waals surface area (Å²) in [5.74, 6) is 1.08. The number of ether oxygens (including phenoxy) is 2. The molecule has 0 aromatic heterocycles. The predicted molar refractivity (Wildman–Crippen MR) is 111 cm³/mol. The number of rotatable bonds is 8. The van der Waals surface area contributed by atoms with Gasteiger partial charge in [0.25, 0.3) is 0 Å². The SMILES string of the molecule is C=CCOc1ccccc1CN1CCC2(CC[C@@H](CNC(=O)C(C)C)O2)CC1. The minimum Gasteiger partial charge on any atom is -0.489 e. The molecule has 2 heterocycles. The van der Waals surface area contributed by atoms with Crippen molar-refractivity contribution in [3.8, 4) is 5.75 Å². The number of para-hydroxylation sites is 1. The first-order chi connectivity index (χ1) is 13.5. The fourth-order valence-corrected chi connectivity index (χ4v) is 4.11. The summed E-state index contributed by atoms with van der Waals surface area (Å²) < 4.78 is 12.2. The van der Waals surface area contributed by atoms with Crippen molar-refractivity contribution in [2.75, 3.05) is 26.2 Å². The molecule has 1 spiro atoms. The Kier molecular flexibility index (Phi) is 7.13. The van der Waals surface area contributed by atoms with Crippen LogP contribution in [-0.4, -0.2) is 48.8 Å². The number of carbonyl (C=O) groups excluding carboxylic acids is 1. The minimum absolute atomic E-state index is 0.00256. The molecule has 2 aliphatic heterocycles. The van der Waals surface area contributed by atoms with Crippen LogP contribution in [-0.2, 0) is 16.1 Å². The van der Waals surface area contributed by atoms with Gasteiger partial charge in [-0.1, -0.05) is 44.7 Å². The topological polar surface area (TPSA) is 50.8 Å². The Labute approximate surface area is 169 Å². The zero-order valence-electron chi connectivity index (χ0n) is 17.3. The van der Waals surface area contributed by atoms with Crippen molar-refractivity contribution in [2.24, 2.45) is 5.92 Å². The van der Waals surface area contributed by atoms with E-state index < -0.39 is 0 Å². The summed E-state index contributed by atoms with van der Waals surface area (Å²) in [6.07, 6.45) is 6.17. The van der Waals surface area contributed by atoms with E-state index in [1.807, 2.05) is 26.0 Å². The molecular weight excluding hydrogens is 352 g/mol. The third-order valence-corrected chi connectivity index (χ3v) is 5.86. The van der Waals surface area contributed by atoms with Gasteiger partial charge < -0.3 is 14.8 Å². The van der Waals surface area contributed by atoms with Crippen LogP contribution in [0.5, 0.6) is 5.75 Å². The van der Waals surface area contributed by atoms with Gasteiger partial charge in [0.15, 0.2) is 0 Å². The molecule has 3 rings (SSSR count). The lowest BCUT2D eigenvalue weighted by atomic mass is 9.88. The van der Waals surface area contributed by atoms with Crippen molar-refractivity contribution in [1.29, 1.82) is 0 Å². The van der Waals surface area contributed by atoms with Gasteiger partial charge in [-0.05, 0) is 31.7 Å². The van der Waals surface area contributed by atoms with Crippen molar-refractivity contribution in [2.45, 2.75) is 57.8 Å². The summed E-state index contributed by atoms with van der Waals surface area (Å²) in [7, 11) is 0. The highest BCUT2D eigenvalue weighted by Gasteiger charge is 2.42. The maximum atomic E-state index is 11.8. The van der Waals surface area contributed by atoms with Crippen LogP contribution in [0.3, 0.4) is 0 Å². The van der Waals surface area contributed by atoms with Crippen molar-refractivity contribution in [3.05, 3.63) is 42.5 Å². The van der Waals surface area contributed by atoms with Crippen molar-refractivity contribution >= 4 is 5.91 Å². The van der Waals surface area contributed by atoms with Gasteiger partial charge in [0.2, 0.25) is 5.91 Å². The summed E-state index contributed by atoms with van der Waals surface area (Å²) in [6, 6.07) is 8.25. The molecule has 1 aromatic carbocycles. The number of amides is 1. The van der Waals surface area contributed by atoms with Gasteiger partial charge in [0.1, 0.15) is 12.4 Å². The van der Waals surface area contributed by atoms with Gasteiger partial charge in [0, 0.05) is 37.7 Å². The monoisotopic (exact) mass is 386 g/mol. The zero-order chi connectivity index (χ0) is 20.0. The van der Waals surface area contributed by atoms with Gasteiger partial charge in [-0.25, -0.2) is 0 Å². The summed E-state index contributed by atoms with van der Waals surface area (Å²) in [5, 5.41) is 3.02. The number of carbonyl (C=O) groups is 1. The fraction of sp³-hybridized carbons (Fsp3) is 0.609. The lowest BCUT2D eigenvalue weighted by molar-refractivity contribution is -0.125. The molecule has 0 unspecified atom stereocenters. The van der Waals surface area contributed by atoms with Gasteiger partial charge in [-0.2, -0.15) is 0 Å². The number of benzene rings is 1. The lowest BCUT2D eigenvalue weighted by Crippen LogP contribution is -2.45. The molecule has 1 atom stereocenters. The zero-order valence-corrected chi connectivity index (χ0v) is 17.3. The lowest BCUT2D eigenvalue weighted by Gasteiger charge is -2.39. The molecule has 0 saturated carbocycles. The number of piperidine rings is 1. The minimum atomic E-state index is 0.00256. The van der Waals surface area contributed by atoms with Crippen LogP contribution < -0.4 is 10.1 Å². The molecule has 1 amide bonds. The van der Waals surface area contributed by atoms with Crippen molar-refractivity contribution < 1.29 is 14.3 Å². The number of nitrogens with one attached hydrogen (secondary N) is 1. The van der Waals surface area contributed by atoms with Crippen LogP contribution in [0.2, 0.25) is 0 Å². The maximum Gasteiger partial charge on any atom is 0.222 e. The molecule has 154 valence electrons. The van der Waals surface area contributed by atoms with E-state index in [9.17, 15) is 4.79 Å². The van der Waals surface area contributed by atoms with Gasteiger partial charge >= 0.3 is 0 Å². The molecule has 5 heteroatoms. The molecule has 1 aromatic rings. The first-order valence-electron chi connectivity index (χ1n) is 10.5. The molecule has 0 bridgehead atoms. The quantitative estimate of drug-likeness (QED) is 0.695. The van der Waals surface area contributed by atoms with Gasteiger partial charge in [-0.15, -0.1) is 0 Å². The van der Waals surface area contributed by atoms with E-state index in [2.05, 4.69) is 28.9 Å². The Hall–Kier alpha value is -1.85. The Bertz CT molecular complexity index is 666. The second kappa shape index (κ2) is 9.57. The van der Waals surface area contributed by atoms with Crippen LogP contribution in [0.1, 0.15) is 45.1 Å². The third-order valence-electron chi connectivity index (χ3n) is 5.86. The van der Waals surface area contributed by atoms with Crippen molar-refractivity contribution in [1.82, 2.24) is 10.2 Å². The van der Waals surface area contributed by atoms with Crippen LogP contribution in [0.15, 0.2) is 36.9 Å². The highest BCUT2D eigenvalue weighted by Crippen LogP contribution is 2.39. The Morgan fingerprint density at radius 1 is 1.36 bits per heavy atom. The first kappa shape index (κ1) is 20.9. The highest BCUT2D eigenvalue weighted by atomic mass is 16.5. The second-order valence-electron chi connectivity index (χ2n) is 8.34. The van der Waals surface area contributed by atoms with Crippen LogP contribution in [0, 0.1) is 5.92 Å². The fourth-order valence-electron chi connectivity index (χ4n) is 4.11. The molecule has 2 saturated heterocycles. The normalized spacial score (nSPS) is 21.8. The summed E-state index contributed by atoms with van der Waals surface area (Å²) in [5.41, 5.74) is 1.23. The Morgan fingerprint density at radius 3 is 2.82 bits per heavy atom. The third kappa shape index (κ3) is 5.36. The Balaban J connectivity index is 1.47. The smallest absolute Gasteiger partial charge is 0.222 e. The Morgan fingerprint density at radius 2 is 2.11 bits per heavy atom. The average molecular weight is 387 g/mol. The molecule has 2 aliphatic rings. The molecular formula is C23H34N2O3. The number of likely N-dealkylation sites (tertiary alicyclic amines) is 1. The first-order valence-corrected chi connectivity index (χ1v) is 10.5. The number of hydrogen-bond acceptors (Lipinski definition) is 4. The number of nitrogens with zero attached hydrogens (tertiary/aromatic N) is 1. The van der Waals surface area contributed by atoms with E-state index in [1.54, 1.807) is 6.08 Å². The molecule has 0 aliphatic carbocycles. The van der Waals surface area contributed by atoms with Gasteiger partial charge in [-0.3, -0.25) is 9.69 Å². The molecule has 2 fully saturated rings. The summed E-state index contributed by atoms with van der Waals surface area (Å²) in [6.45, 7) is 11.7. The maximum absolute atomic E-state index is 11.8. The van der Waals surface area contributed by atoms with Gasteiger partial charge in [0.05, 0.1) is 11.7 Å². The second-order valence-corrected chi connectivity index (χ2v) is 8.34. The van der Waals surface area contributed by atoms with Crippen LogP contribution in [0.25, 0.3) is 0 Å². The number of hydrogen-bond donors (Lipinski definition) is 1. The molecule has 1 N–H and O–H groups in total. The van der Waals surface area contributed by atoms with E-state index in [4.69, 9.17) is 9.47 Å². The van der Waals surface area contributed by atoms with Crippen LogP contribution >= 0.6 is 0 Å². The van der Waals surface area contributed by atoms with Crippen molar-refractivity contribution in [3.63, 3.8) is 0 Å². The largest absolute Gasteiger partial charge is 0.489 e. The summed E-state index contributed by atoms with van der Waals surface area (Å²) in [4.78, 5) is 14.3. The van der Waals surface area contributed by atoms with E-state index in [0.717, 1.165) is 51.1 Å². The van der Waals surface area contributed by atoms with E-state index in [-0.39, 0.29) is 23.5 Å². The molecule has 5 nitrogen and oxygen atoms in total.